The minimum Gasteiger partial charge on any atom is -0.370 e. The molecule has 2 rings (SSSR count). The summed E-state index contributed by atoms with van der Waals surface area (Å²) in [4.78, 5) is 4.20. The molecule has 5 heteroatoms. The Labute approximate surface area is 119 Å². The molecule has 1 heterocycles. The second-order valence-corrected chi connectivity index (χ2v) is 5.17. The first kappa shape index (κ1) is 14.6. The van der Waals surface area contributed by atoms with Gasteiger partial charge in [-0.05, 0) is 37.0 Å². The van der Waals surface area contributed by atoms with E-state index in [4.69, 9.17) is 11.1 Å². The van der Waals surface area contributed by atoms with Crippen LogP contribution in [0.1, 0.15) is 18.4 Å². The number of hydrogen-bond acceptors (Lipinski definition) is 2. The van der Waals surface area contributed by atoms with Crippen molar-refractivity contribution in [3.05, 3.63) is 29.8 Å². The zero-order chi connectivity index (χ0) is 14.4. The minimum absolute atomic E-state index is 0.160. The smallest absolute Gasteiger partial charge is 0.188 e. The minimum atomic E-state index is -0.224. The molecule has 0 amide bonds. The van der Waals surface area contributed by atoms with Crippen molar-refractivity contribution in [2.75, 3.05) is 37.8 Å². The lowest BCUT2D eigenvalue weighted by Crippen LogP contribution is -2.50. The van der Waals surface area contributed by atoms with Gasteiger partial charge < -0.3 is 15.5 Å². The number of anilines is 1. The molecule has 1 aliphatic heterocycles. The standard InChI is InChI=1S/C15H23FN4/c16-8-2-1-3-13-4-6-14(7-5-13)19-9-11-20(12-10-19)15(17)18/h4-7H,1-3,8-12H2,(H3,17,18). The van der Waals surface area contributed by atoms with E-state index in [0.717, 1.165) is 39.0 Å². The van der Waals surface area contributed by atoms with Crippen molar-refractivity contribution in [1.29, 1.82) is 5.41 Å². The van der Waals surface area contributed by atoms with Gasteiger partial charge in [0.25, 0.3) is 0 Å². The van der Waals surface area contributed by atoms with Gasteiger partial charge in [-0.15, -0.1) is 0 Å². The summed E-state index contributed by atoms with van der Waals surface area (Å²) in [5.74, 6) is 0.160. The lowest BCUT2D eigenvalue weighted by atomic mass is 10.1. The molecular formula is C15H23FN4. The summed E-state index contributed by atoms with van der Waals surface area (Å²) in [6.07, 6.45) is 2.50. The van der Waals surface area contributed by atoms with E-state index in [1.54, 1.807) is 0 Å². The van der Waals surface area contributed by atoms with Gasteiger partial charge in [-0.3, -0.25) is 9.80 Å². The van der Waals surface area contributed by atoms with E-state index in [1.165, 1.54) is 11.3 Å². The molecule has 0 aromatic heterocycles. The van der Waals surface area contributed by atoms with E-state index in [2.05, 4.69) is 29.2 Å². The highest BCUT2D eigenvalue weighted by Gasteiger charge is 2.17. The summed E-state index contributed by atoms with van der Waals surface area (Å²) >= 11 is 0. The van der Waals surface area contributed by atoms with Crippen molar-refractivity contribution in [3.8, 4) is 0 Å². The molecule has 1 aromatic carbocycles. The van der Waals surface area contributed by atoms with E-state index in [0.29, 0.717) is 6.42 Å². The molecular weight excluding hydrogens is 255 g/mol. The number of piperazine rings is 1. The maximum Gasteiger partial charge on any atom is 0.188 e. The third kappa shape index (κ3) is 3.85. The fourth-order valence-electron chi connectivity index (χ4n) is 2.50. The zero-order valence-electron chi connectivity index (χ0n) is 11.8. The molecule has 1 fully saturated rings. The number of rotatable bonds is 5. The van der Waals surface area contributed by atoms with Gasteiger partial charge in [0.2, 0.25) is 0 Å². The highest BCUT2D eigenvalue weighted by atomic mass is 19.1. The van der Waals surface area contributed by atoms with Crippen LogP contribution >= 0.6 is 0 Å². The molecule has 0 unspecified atom stereocenters. The van der Waals surface area contributed by atoms with Crippen LogP contribution in [0.5, 0.6) is 0 Å². The molecule has 0 aliphatic carbocycles. The van der Waals surface area contributed by atoms with Crippen LogP contribution in [0.15, 0.2) is 24.3 Å². The second kappa shape index (κ2) is 7.12. The number of hydrogen-bond donors (Lipinski definition) is 2. The van der Waals surface area contributed by atoms with Crippen molar-refractivity contribution >= 4 is 11.6 Å². The summed E-state index contributed by atoms with van der Waals surface area (Å²) in [6, 6.07) is 8.53. The van der Waals surface area contributed by atoms with Crippen molar-refractivity contribution in [3.63, 3.8) is 0 Å². The number of nitrogens with two attached hydrogens (primary N) is 1. The number of unbranched alkanes of at least 4 members (excludes halogenated alkanes) is 1. The summed E-state index contributed by atoms with van der Waals surface area (Å²) in [5, 5.41) is 7.43. The van der Waals surface area contributed by atoms with Crippen molar-refractivity contribution in [2.24, 2.45) is 5.73 Å². The zero-order valence-corrected chi connectivity index (χ0v) is 11.8. The van der Waals surface area contributed by atoms with Crippen LogP contribution in [0, 0.1) is 5.41 Å². The van der Waals surface area contributed by atoms with Crippen molar-refractivity contribution in [2.45, 2.75) is 19.3 Å². The Hall–Kier alpha value is -1.78. The van der Waals surface area contributed by atoms with Crippen LogP contribution in [-0.4, -0.2) is 43.7 Å². The quantitative estimate of drug-likeness (QED) is 0.492. The lowest BCUT2D eigenvalue weighted by Gasteiger charge is -2.36. The highest BCUT2D eigenvalue weighted by molar-refractivity contribution is 5.74. The maximum absolute atomic E-state index is 12.1. The highest BCUT2D eigenvalue weighted by Crippen LogP contribution is 2.18. The molecule has 0 bridgehead atoms. The van der Waals surface area contributed by atoms with Gasteiger partial charge in [0, 0.05) is 31.9 Å². The SMILES string of the molecule is N=C(N)N1CCN(c2ccc(CCCCF)cc2)CC1. The Bertz CT molecular complexity index is 424. The third-order valence-electron chi connectivity index (χ3n) is 3.77. The van der Waals surface area contributed by atoms with Gasteiger partial charge in [-0.1, -0.05) is 12.1 Å². The third-order valence-corrected chi connectivity index (χ3v) is 3.77. The predicted molar refractivity (Wildman–Crippen MR) is 81.1 cm³/mol. The van der Waals surface area contributed by atoms with Gasteiger partial charge in [-0.2, -0.15) is 0 Å². The average Bonchev–Trinajstić information content (AvgIpc) is 2.48. The monoisotopic (exact) mass is 278 g/mol. The molecule has 1 aromatic rings. The van der Waals surface area contributed by atoms with Crippen LogP contribution in [0.25, 0.3) is 0 Å². The number of nitrogens with zero attached hydrogens (tertiary/aromatic N) is 2. The molecule has 1 aliphatic rings. The molecule has 0 atom stereocenters. The van der Waals surface area contributed by atoms with Crippen LogP contribution in [0.4, 0.5) is 10.1 Å². The number of aryl methyl sites for hydroxylation is 1. The molecule has 20 heavy (non-hydrogen) atoms. The van der Waals surface area contributed by atoms with Crippen LogP contribution in [0.2, 0.25) is 0 Å². The lowest BCUT2D eigenvalue weighted by molar-refractivity contribution is 0.380. The van der Waals surface area contributed by atoms with Crippen molar-refractivity contribution in [1.82, 2.24) is 4.90 Å². The van der Waals surface area contributed by atoms with Crippen LogP contribution < -0.4 is 10.6 Å². The second-order valence-electron chi connectivity index (χ2n) is 5.17. The molecule has 4 nitrogen and oxygen atoms in total. The Morgan fingerprint density at radius 3 is 2.30 bits per heavy atom. The molecule has 0 saturated carbocycles. The fraction of sp³-hybridized carbons (Fsp3) is 0.533. The van der Waals surface area contributed by atoms with Crippen molar-refractivity contribution < 1.29 is 4.39 Å². The number of guanidine groups is 1. The van der Waals surface area contributed by atoms with E-state index < -0.39 is 0 Å². The number of halogens is 1. The van der Waals surface area contributed by atoms with Gasteiger partial charge >= 0.3 is 0 Å². The summed E-state index contributed by atoms with van der Waals surface area (Å²) in [6.45, 7) is 3.15. The van der Waals surface area contributed by atoms with E-state index in [9.17, 15) is 4.39 Å². The van der Waals surface area contributed by atoms with Crippen LogP contribution in [-0.2, 0) is 6.42 Å². The summed E-state index contributed by atoms with van der Waals surface area (Å²) in [7, 11) is 0. The Balaban J connectivity index is 1.86. The normalized spacial score (nSPS) is 15.4. The summed E-state index contributed by atoms with van der Waals surface area (Å²) in [5.41, 5.74) is 7.97. The summed E-state index contributed by atoms with van der Waals surface area (Å²) < 4.78 is 12.1. The van der Waals surface area contributed by atoms with Gasteiger partial charge in [-0.25, -0.2) is 0 Å². The largest absolute Gasteiger partial charge is 0.370 e. The molecule has 0 spiro atoms. The molecule has 110 valence electrons. The van der Waals surface area contributed by atoms with Gasteiger partial charge in [0.1, 0.15) is 0 Å². The predicted octanol–water partition coefficient (Wildman–Crippen LogP) is 1.99. The number of benzene rings is 1. The maximum atomic E-state index is 12.1. The van der Waals surface area contributed by atoms with Gasteiger partial charge in [0.05, 0.1) is 6.67 Å². The molecule has 3 N–H and O–H groups in total. The van der Waals surface area contributed by atoms with E-state index >= 15 is 0 Å². The first-order valence-corrected chi connectivity index (χ1v) is 7.19. The fourth-order valence-corrected chi connectivity index (χ4v) is 2.50. The van der Waals surface area contributed by atoms with Crippen LogP contribution in [0.3, 0.4) is 0 Å². The Morgan fingerprint density at radius 2 is 1.75 bits per heavy atom. The Morgan fingerprint density at radius 1 is 1.10 bits per heavy atom. The molecule has 0 radical (unpaired) electrons. The van der Waals surface area contributed by atoms with Gasteiger partial charge in [0.15, 0.2) is 5.96 Å². The van der Waals surface area contributed by atoms with E-state index in [-0.39, 0.29) is 12.6 Å². The van der Waals surface area contributed by atoms with E-state index in [1.807, 2.05) is 4.90 Å². The average molecular weight is 278 g/mol. The topological polar surface area (TPSA) is 56.4 Å². The first-order valence-electron chi connectivity index (χ1n) is 7.19. The first-order chi connectivity index (χ1) is 9.70. The Kier molecular flexibility index (Phi) is 5.21. The number of alkyl halides is 1. The molecule has 1 saturated heterocycles. The number of nitrogens with one attached hydrogen (secondary N) is 1.